The van der Waals surface area contributed by atoms with Crippen LogP contribution >= 0.6 is 0 Å². The van der Waals surface area contributed by atoms with Crippen molar-refractivity contribution in [3.8, 4) is 0 Å². The highest BCUT2D eigenvalue weighted by atomic mass is 19.4. The van der Waals surface area contributed by atoms with Crippen LogP contribution in [0.1, 0.15) is 5.56 Å². The summed E-state index contributed by atoms with van der Waals surface area (Å²) in [6, 6.07) is 9.94. The SMILES string of the molecule is Fc1ccc(NCn2nnc3ccccc32)cc1C(F)(F)F. The first-order valence-electron chi connectivity index (χ1n) is 6.34. The molecule has 2 aromatic carbocycles. The van der Waals surface area contributed by atoms with Crippen molar-refractivity contribution in [2.75, 3.05) is 5.32 Å². The number of nitrogens with zero attached hydrogens (tertiary/aromatic N) is 3. The molecule has 22 heavy (non-hydrogen) atoms. The molecule has 0 saturated carbocycles. The zero-order valence-electron chi connectivity index (χ0n) is 11.1. The van der Waals surface area contributed by atoms with Crippen LogP contribution in [0.4, 0.5) is 23.2 Å². The van der Waals surface area contributed by atoms with Crippen LogP contribution in [-0.2, 0) is 12.8 Å². The summed E-state index contributed by atoms with van der Waals surface area (Å²) in [6.45, 7) is 0.115. The number of anilines is 1. The number of nitrogens with one attached hydrogen (secondary N) is 1. The van der Waals surface area contributed by atoms with E-state index in [9.17, 15) is 17.6 Å². The summed E-state index contributed by atoms with van der Waals surface area (Å²) in [5, 5.41) is 10.6. The van der Waals surface area contributed by atoms with Crippen LogP contribution < -0.4 is 5.32 Å². The van der Waals surface area contributed by atoms with Crippen LogP contribution in [0.15, 0.2) is 42.5 Å². The second-order valence-corrected chi connectivity index (χ2v) is 4.60. The van der Waals surface area contributed by atoms with Crippen molar-refractivity contribution in [1.29, 1.82) is 0 Å². The number of alkyl halides is 3. The number of aromatic nitrogens is 3. The van der Waals surface area contributed by atoms with E-state index in [1.807, 2.05) is 12.1 Å². The van der Waals surface area contributed by atoms with Crippen molar-refractivity contribution in [2.45, 2.75) is 12.8 Å². The molecule has 0 aliphatic rings. The van der Waals surface area contributed by atoms with Crippen LogP contribution in [0.2, 0.25) is 0 Å². The van der Waals surface area contributed by atoms with Gasteiger partial charge in [-0.15, -0.1) is 5.10 Å². The molecule has 114 valence electrons. The van der Waals surface area contributed by atoms with E-state index in [1.54, 1.807) is 12.1 Å². The monoisotopic (exact) mass is 310 g/mol. The van der Waals surface area contributed by atoms with Crippen molar-refractivity contribution in [3.63, 3.8) is 0 Å². The molecule has 0 spiro atoms. The molecule has 0 aliphatic heterocycles. The predicted octanol–water partition coefficient (Wildman–Crippen LogP) is 3.66. The van der Waals surface area contributed by atoms with Gasteiger partial charge < -0.3 is 5.32 Å². The van der Waals surface area contributed by atoms with Crippen LogP contribution in [-0.4, -0.2) is 15.0 Å². The van der Waals surface area contributed by atoms with Crippen LogP contribution in [0, 0.1) is 5.82 Å². The Bertz CT molecular complexity index is 810. The third-order valence-corrected chi connectivity index (χ3v) is 3.12. The number of halogens is 4. The Kier molecular flexibility index (Phi) is 3.44. The Labute approximate surface area is 122 Å². The molecule has 0 aliphatic carbocycles. The van der Waals surface area contributed by atoms with E-state index < -0.39 is 17.6 Å². The van der Waals surface area contributed by atoms with Crippen LogP contribution in [0.25, 0.3) is 11.0 Å². The Morgan fingerprint density at radius 3 is 2.64 bits per heavy atom. The highest BCUT2D eigenvalue weighted by molar-refractivity contribution is 5.73. The van der Waals surface area contributed by atoms with Gasteiger partial charge in [0.1, 0.15) is 18.0 Å². The summed E-state index contributed by atoms with van der Waals surface area (Å²) in [6.07, 6.45) is -4.73. The van der Waals surface area contributed by atoms with Gasteiger partial charge in [-0.25, -0.2) is 9.07 Å². The molecule has 1 N–H and O–H groups in total. The van der Waals surface area contributed by atoms with Crippen molar-refractivity contribution >= 4 is 16.7 Å². The normalized spacial score (nSPS) is 11.8. The quantitative estimate of drug-likeness (QED) is 0.751. The van der Waals surface area contributed by atoms with Gasteiger partial charge in [0, 0.05) is 5.69 Å². The number of fused-ring (bicyclic) bond motifs is 1. The maximum Gasteiger partial charge on any atom is 0.419 e. The van der Waals surface area contributed by atoms with Gasteiger partial charge in [0.15, 0.2) is 0 Å². The average molecular weight is 310 g/mol. The van der Waals surface area contributed by atoms with Gasteiger partial charge >= 0.3 is 6.18 Å². The number of hydrogen-bond acceptors (Lipinski definition) is 3. The molecule has 0 amide bonds. The topological polar surface area (TPSA) is 42.7 Å². The first kappa shape index (κ1) is 14.3. The average Bonchev–Trinajstić information content (AvgIpc) is 2.88. The molecular formula is C14H10F4N4. The predicted molar refractivity (Wildman–Crippen MR) is 72.6 cm³/mol. The standard InChI is InChI=1S/C14H10F4N4/c15-11-6-5-9(7-10(11)14(16,17)18)19-8-22-13-4-2-1-3-12(13)20-21-22/h1-7,19H,8H2. The Morgan fingerprint density at radius 2 is 1.86 bits per heavy atom. The second kappa shape index (κ2) is 5.28. The lowest BCUT2D eigenvalue weighted by atomic mass is 10.2. The lowest BCUT2D eigenvalue weighted by Gasteiger charge is -2.11. The number of rotatable bonds is 3. The molecule has 0 radical (unpaired) electrons. The molecule has 8 heteroatoms. The lowest BCUT2D eigenvalue weighted by Crippen LogP contribution is -2.12. The fraction of sp³-hybridized carbons (Fsp3) is 0.143. The number of benzene rings is 2. The van der Waals surface area contributed by atoms with Crippen molar-refractivity contribution in [1.82, 2.24) is 15.0 Å². The van der Waals surface area contributed by atoms with Gasteiger partial charge in [-0.05, 0) is 30.3 Å². The minimum absolute atomic E-state index is 0.115. The Hall–Kier alpha value is -2.64. The lowest BCUT2D eigenvalue weighted by molar-refractivity contribution is -0.139. The van der Waals surface area contributed by atoms with Crippen molar-refractivity contribution in [3.05, 3.63) is 53.8 Å². The zero-order valence-corrected chi connectivity index (χ0v) is 11.1. The van der Waals surface area contributed by atoms with Gasteiger partial charge in [0.05, 0.1) is 11.1 Å². The number of para-hydroxylation sites is 1. The molecule has 3 aromatic rings. The van der Waals surface area contributed by atoms with E-state index in [1.165, 1.54) is 10.7 Å². The van der Waals surface area contributed by atoms with E-state index in [-0.39, 0.29) is 12.4 Å². The third kappa shape index (κ3) is 2.72. The minimum Gasteiger partial charge on any atom is -0.366 e. The molecule has 0 atom stereocenters. The molecule has 4 nitrogen and oxygen atoms in total. The van der Waals surface area contributed by atoms with E-state index >= 15 is 0 Å². The van der Waals surface area contributed by atoms with E-state index in [0.29, 0.717) is 5.52 Å². The summed E-state index contributed by atoms with van der Waals surface area (Å²) < 4.78 is 52.7. The molecule has 0 fully saturated rings. The summed E-state index contributed by atoms with van der Waals surface area (Å²) in [7, 11) is 0. The van der Waals surface area contributed by atoms with Crippen molar-refractivity contribution < 1.29 is 17.6 Å². The van der Waals surface area contributed by atoms with Crippen LogP contribution in [0.3, 0.4) is 0 Å². The maximum atomic E-state index is 13.2. The zero-order chi connectivity index (χ0) is 15.7. The molecule has 1 aromatic heterocycles. The van der Waals surface area contributed by atoms with Gasteiger partial charge in [-0.1, -0.05) is 17.3 Å². The second-order valence-electron chi connectivity index (χ2n) is 4.60. The van der Waals surface area contributed by atoms with Gasteiger partial charge in [0.25, 0.3) is 0 Å². The fourth-order valence-corrected chi connectivity index (χ4v) is 2.05. The molecule has 3 rings (SSSR count). The summed E-state index contributed by atoms with van der Waals surface area (Å²) in [5.41, 5.74) is 0.266. The van der Waals surface area contributed by atoms with E-state index in [2.05, 4.69) is 15.6 Å². The highest BCUT2D eigenvalue weighted by Crippen LogP contribution is 2.33. The van der Waals surface area contributed by atoms with Crippen LogP contribution in [0.5, 0.6) is 0 Å². The van der Waals surface area contributed by atoms with Gasteiger partial charge in [-0.3, -0.25) is 0 Å². The molecule has 1 heterocycles. The summed E-state index contributed by atoms with van der Waals surface area (Å²) in [5.74, 6) is -1.30. The number of hydrogen-bond donors (Lipinski definition) is 1. The molecular weight excluding hydrogens is 300 g/mol. The summed E-state index contributed by atoms with van der Waals surface area (Å²) in [4.78, 5) is 0. The molecule has 0 unspecified atom stereocenters. The fourth-order valence-electron chi connectivity index (χ4n) is 2.05. The van der Waals surface area contributed by atoms with Gasteiger partial charge in [-0.2, -0.15) is 13.2 Å². The summed E-state index contributed by atoms with van der Waals surface area (Å²) >= 11 is 0. The highest BCUT2D eigenvalue weighted by Gasteiger charge is 2.34. The molecule has 0 bridgehead atoms. The van der Waals surface area contributed by atoms with Crippen molar-refractivity contribution in [2.24, 2.45) is 0 Å². The molecule has 0 saturated heterocycles. The van der Waals surface area contributed by atoms with E-state index in [4.69, 9.17) is 0 Å². The first-order chi connectivity index (χ1) is 10.4. The largest absolute Gasteiger partial charge is 0.419 e. The van der Waals surface area contributed by atoms with Gasteiger partial charge in [0.2, 0.25) is 0 Å². The third-order valence-electron chi connectivity index (χ3n) is 3.12. The smallest absolute Gasteiger partial charge is 0.366 e. The maximum absolute atomic E-state index is 13.2. The Balaban J connectivity index is 1.82. The van der Waals surface area contributed by atoms with E-state index in [0.717, 1.165) is 17.6 Å². The minimum atomic E-state index is -4.73. The Morgan fingerprint density at radius 1 is 1.09 bits per heavy atom. The first-order valence-corrected chi connectivity index (χ1v) is 6.34.